The van der Waals surface area contributed by atoms with Crippen molar-refractivity contribution in [2.24, 2.45) is 5.92 Å². The normalized spacial score (nSPS) is 13.0. The Labute approximate surface area is 95.3 Å². The van der Waals surface area contributed by atoms with E-state index < -0.39 is 0 Å². The van der Waals surface area contributed by atoms with Crippen LogP contribution in [0.3, 0.4) is 0 Å². The molecule has 2 heteroatoms. The minimum absolute atomic E-state index is 0.676. The minimum atomic E-state index is 0.676. The van der Waals surface area contributed by atoms with Crippen molar-refractivity contribution < 1.29 is 9.47 Å². The van der Waals surface area contributed by atoms with Crippen molar-refractivity contribution >= 4 is 0 Å². The molecule has 0 rings (SSSR count). The van der Waals surface area contributed by atoms with E-state index in [1.807, 2.05) is 0 Å². The maximum atomic E-state index is 5.49. The topological polar surface area (TPSA) is 18.5 Å². The van der Waals surface area contributed by atoms with Gasteiger partial charge in [0, 0.05) is 13.2 Å². The van der Waals surface area contributed by atoms with Gasteiger partial charge in [0.2, 0.25) is 0 Å². The van der Waals surface area contributed by atoms with Gasteiger partial charge in [0.05, 0.1) is 13.2 Å². The Hall–Kier alpha value is -0.0800. The average Bonchev–Trinajstić information content (AvgIpc) is 2.26. The Kier molecular flexibility index (Phi) is 11.9. The van der Waals surface area contributed by atoms with Gasteiger partial charge in [-0.05, 0) is 12.3 Å². The lowest BCUT2D eigenvalue weighted by molar-refractivity contribution is 0.0340. The highest BCUT2D eigenvalue weighted by Gasteiger charge is 1.97. The third-order valence-electron chi connectivity index (χ3n) is 2.61. The molecule has 92 valence electrons. The minimum Gasteiger partial charge on any atom is -0.379 e. The van der Waals surface area contributed by atoms with Crippen LogP contribution in [0.25, 0.3) is 0 Å². The number of hydrogen-bond donors (Lipinski definition) is 0. The zero-order chi connectivity index (χ0) is 11.4. The van der Waals surface area contributed by atoms with E-state index in [-0.39, 0.29) is 0 Å². The third-order valence-corrected chi connectivity index (χ3v) is 2.61. The first-order valence-electron chi connectivity index (χ1n) is 6.46. The van der Waals surface area contributed by atoms with Crippen molar-refractivity contribution in [2.45, 2.75) is 52.9 Å². The molecule has 1 atom stereocenters. The summed E-state index contributed by atoms with van der Waals surface area (Å²) in [4.78, 5) is 0. The Balaban J connectivity index is 2.92. The molecular formula is C13H28O2. The van der Waals surface area contributed by atoms with Crippen molar-refractivity contribution in [1.82, 2.24) is 0 Å². The summed E-state index contributed by atoms with van der Waals surface area (Å²) in [5.41, 5.74) is 0. The van der Waals surface area contributed by atoms with Gasteiger partial charge in [-0.2, -0.15) is 0 Å². The number of rotatable bonds is 11. The predicted molar refractivity (Wildman–Crippen MR) is 65.2 cm³/mol. The van der Waals surface area contributed by atoms with Crippen LogP contribution in [0.5, 0.6) is 0 Å². The Bertz CT molecular complexity index is 115. The Morgan fingerprint density at radius 1 is 0.867 bits per heavy atom. The van der Waals surface area contributed by atoms with Crippen LogP contribution in [0.1, 0.15) is 52.9 Å². The van der Waals surface area contributed by atoms with Crippen molar-refractivity contribution in [3.05, 3.63) is 0 Å². The van der Waals surface area contributed by atoms with Gasteiger partial charge in [0.25, 0.3) is 0 Å². The maximum Gasteiger partial charge on any atom is 0.0700 e. The van der Waals surface area contributed by atoms with Crippen molar-refractivity contribution in [2.75, 3.05) is 26.4 Å². The molecule has 0 aromatic carbocycles. The van der Waals surface area contributed by atoms with E-state index in [1.165, 1.54) is 32.1 Å². The van der Waals surface area contributed by atoms with Gasteiger partial charge >= 0.3 is 0 Å². The van der Waals surface area contributed by atoms with Gasteiger partial charge in [-0.1, -0.05) is 46.5 Å². The first-order chi connectivity index (χ1) is 7.31. The fourth-order valence-corrected chi connectivity index (χ4v) is 1.25. The second-order valence-electron chi connectivity index (χ2n) is 4.26. The van der Waals surface area contributed by atoms with Gasteiger partial charge in [-0.25, -0.2) is 0 Å². The van der Waals surface area contributed by atoms with Crippen LogP contribution in [-0.2, 0) is 9.47 Å². The summed E-state index contributed by atoms with van der Waals surface area (Å²) in [6, 6.07) is 0. The molecule has 0 N–H and O–H groups in total. The van der Waals surface area contributed by atoms with E-state index in [1.54, 1.807) is 0 Å². The quantitative estimate of drug-likeness (QED) is 0.491. The summed E-state index contributed by atoms with van der Waals surface area (Å²) < 4.78 is 11.0. The van der Waals surface area contributed by atoms with E-state index in [0.29, 0.717) is 5.92 Å². The van der Waals surface area contributed by atoms with Crippen LogP contribution in [0.15, 0.2) is 0 Å². The van der Waals surface area contributed by atoms with Crippen LogP contribution in [-0.4, -0.2) is 26.4 Å². The van der Waals surface area contributed by atoms with E-state index in [0.717, 1.165) is 26.4 Å². The fraction of sp³-hybridized carbons (Fsp3) is 1.00. The molecule has 0 saturated heterocycles. The predicted octanol–water partition coefficient (Wildman–Crippen LogP) is 3.65. The Morgan fingerprint density at radius 3 is 2.27 bits per heavy atom. The summed E-state index contributed by atoms with van der Waals surface area (Å²) in [6.07, 6.45) is 6.30. The van der Waals surface area contributed by atoms with Crippen molar-refractivity contribution in [3.63, 3.8) is 0 Å². The molecule has 0 saturated carbocycles. The largest absolute Gasteiger partial charge is 0.379 e. The Morgan fingerprint density at radius 2 is 1.60 bits per heavy atom. The fourth-order valence-electron chi connectivity index (χ4n) is 1.25. The molecule has 0 aliphatic rings. The van der Waals surface area contributed by atoms with Crippen LogP contribution in [0.2, 0.25) is 0 Å². The lowest BCUT2D eigenvalue weighted by Gasteiger charge is -2.09. The molecule has 0 amide bonds. The molecule has 0 bridgehead atoms. The molecule has 15 heavy (non-hydrogen) atoms. The summed E-state index contributed by atoms with van der Waals surface area (Å²) in [6.45, 7) is 9.90. The molecule has 0 heterocycles. The summed E-state index contributed by atoms with van der Waals surface area (Å²) >= 11 is 0. The molecule has 0 aliphatic heterocycles. The zero-order valence-corrected chi connectivity index (χ0v) is 10.8. The average molecular weight is 216 g/mol. The van der Waals surface area contributed by atoms with Crippen molar-refractivity contribution in [3.8, 4) is 0 Å². The smallest absolute Gasteiger partial charge is 0.0700 e. The van der Waals surface area contributed by atoms with Gasteiger partial charge in [0.15, 0.2) is 0 Å². The van der Waals surface area contributed by atoms with Gasteiger partial charge in [-0.3, -0.25) is 0 Å². The summed E-state index contributed by atoms with van der Waals surface area (Å²) in [5.74, 6) is 0.676. The molecule has 0 radical (unpaired) electrons. The van der Waals surface area contributed by atoms with Crippen LogP contribution in [0, 0.1) is 5.92 Å². The van der Waals surface area contributed by atoms with Crippen molar-refractivity contribution in [1.29, 1.82) is 0 Å². The van der Waals surface area contributed by atoms with Crippen LogP contribution < -0.4 is 0 Å². The second-order valence-corrected chi connectivity index (χ2v) is 4.26. The summed E-state index contributed by atoms with van der Waals surface area (Å²) in [7, 11) is 0. The summed E-state index contributed by atoms with van der Waals surface area (Å²) in [5, 5.41) is 0. The van der Waals surface area contributed by atoms with E-state index in [4.69, 9.17) is 9.47 Å². The van der Waals surface area contributed by atoms with Crippen LogP contribution in [0.4, 0.5) is 0 Å². The standard InChI is InChI=1S/C13H28O2/c1-4-6-7-8-9-14-10-11-15-12-13(3)5-2/h13H,4-12H2,1-3H3. The second kappa shape index (κ2) is 12.0. The number of hydrogen-bond acceptors (Lipinski definition) is 2. The highest BCUT2D eigenvalue weighted by molar-refractivity contribution is 4.46. The maximum absolute atomic E-state index is 5.49. The number of ether oxygens (including phenoxy) is 2. The van der Waals surface area contributed by atoms with Gasteiger partial charge in [0.1, 0.15) is 0 Å². The first-order valence-corrected chi connectivity index (χ1v) is 6.46. The van der Waals surface area contributed by atoms with E-state index >= 15 is 0 Å². The zero-order valence-electron chi connectivity index (χ0n) is 10.8. The van der Waals surface area contributed by atoms with E-state index in [9.17, 15) is 0 Å². The van der Waals surface area contributed by atoms with Gasteiger partial charge in [-0.15, -0.1) is 0 Å². The van der Waals surface area contributed by atoms with Gasteiger partial charge < -0.3 is 9.47 Å². The van der Waals surface area contributed by atoms with Crippen LogP contribution >= 0.6 is 0 Å². The lowest BCUT2D eigenvalue weighted by Crippen LogP contribution is -2.10. The molecule has 2 nitrogen and oxygen atoms in total. The van der Waals surface area contributed by atoms with E-state index in [2.05, 4.69) is 20.8 Å². The molecular weight excluding hydrogens is 188 g/mol. The third kappa shape index (κ3) is 11.8. The SMILES string of the molecule is CCCCCCOCCOCC(C)CC. The number of unbranched alkanes of at least 4 members (excludes halogenated alkanes) is 3. The highest BCUT2D eigenvalue weighted by atomic mass is 16.5. The molecule has 0 spiro atoms. The highest BCUT2D eigenvalue weighted by Crippen LogP contribution is 2.01. The molecule has 0 aromatic rings. The lowest BCUT2D eigenvalue weighted by atomic mass is 10.1. The molecule has 0 fully saturated rings. The molecule has 0 aliphatic carbocycles. The molecule has 0 aromatic heterocycles. The first kappa shape index (κ1) is 14.9. The molecule has 1 unspecified atom stereocenters. The monoisotopic (exact) mass is 216 g/mol.